The highest BCUT2D eigenvalue weighted by Crippen LogP contribution is 2.19. The highest BCUT2D eigenvalue weighted by atomic mass is 16.5. The molecule has 21 heavy (non-hydrogen) atoms. The van der Waals surface area contributed by atoms with E-state index >= 15 is 0 Å². The van der Waals surface area contributed by atoms with Crippen molar-refractivity contribution in [3.63, 3.8) is 0 Å². The van der Waals surface area contributed by atoms with Gasteiger partial charge in [-0.2, -0.15) is 0 Å². The van der Waals surface area contributed by atoms with Crippen LogP contribution in [0.15, 0.2) is 18.2 Å². The van der Waals surface area contributed by atoms with Crippen molar-refractivity contribution in [2.24, 2.45) is 5.41 Å². The largest absolute Gasteiger partial charge is 0.465 e. The Labute approximate surface area is 125 Å². The molecular weight excluding hydrogens is 266 g/mol. The molecule has 1 rings (SSSR count). The lowest BCUT2D eigenvalue weighted by molar-refractivity contribution is 0.0600. The summed E-state index contributed by atoms with van der Waals surface area (Å²) in [6.07, 6.45) is 5.37. The fourth-order valence-corrected chi connectivity index (χ4v) is 1.57. The van der Waals surface area contributed by atoms with E-state index in [4.69, 9.17) is 6.42 Å². The minimum Gasteiger partial charge on any atom is -0.465 e. The van der Waals surface area contributed by atoms with Gasteiger partial charge in [0.05, 0.1) is 12.7 Å². The van der Waals surface area contributed by atoms with Gasteiger partial charge in [-0.15, -0.1) is 6.42 Å². The molecule has 0 aliphatic carbocycles. The summed E-state index contributed by atoms with van der Waals surface area (Å²) in [5.41, 5.74) is 1.01. The monoisotopic (exact) mass is 287 g/mol. The van der Waals surface area contributed by atoms with E-state index in [1.54, 1.807) is 6.07 Å². The number of hydrogen-bond acceptors (Lipinski definition) is 3. The van der Waals surface area contributed by atoms with Crippen LogP contribution in [0, 0.1) is 17.8 Å². The molecule has 0 heterocycles. The second-order valence-corrected chi connectivity index (χ2v) is 6.00. The summed E-state index contributed by atoms with van der Waals surface area (Å²) in [7, 11) is 1.28. The summed E-state index contributed by atoms with van der Waals surface area (Å²) in [4.78, 5) is 23.9. The zero-order chi connectivity index (χ0) is 16.2. The summed E-state index contributed by atoms with van der Waals surface area (Å²) >= 11 is 0. The summed E-state index contributed by atoms with van der Waals surface area (Å²) in [5.74, 6) is 1.65. The maximum Gasteiger partial charge on any atom is 0.337 e. The number of ether oxygens (including phenoxy) is 1. The number of amides is 1. The zero-order valence-electron chi connectivity index (χ0n) is 13.1. The molecule has 0 saturated heterocycles. The molecular formula is C17H21NO3. The first kappa shape index (κ1) is 16.8. The van der Waals surface area contributed by atoms with Gasteiger partial charge in [0, 0.05) is 17.2 Å². The fraction of sp³-hybridized carbons (Fsp3) is 0.412. The zero-order valence-corrected chi connectivity index (χ0v) is 13.1. The van der Waals surface area contributed by atoms with E-state index in [9.17, 15) is 9.59 Å². The van der Waals surface area contributed by atoms with Crippen LogP contribution in [0.2, 0.25) is 0 Å². The van der Waals surface area contributed by atoms with Gasteiger partial charge in [-0.25, -0.2) is 4.79 Å². The molecule has 4 nitrogen and oxygen atoms in total. The van der Waals surface area contributed by atoms with Crippen LogP contribution in [-0.2, 0) is 4.74 Å². The molecule has 0 aromatic heterocycles. The molecule has 0 saturated carbocycles. The van der Waals surface area contributed by atoms with Crippen LogP contribution in [0.4, 0.5) is 0 Å². The average molecular weight is 287 g/mol. The average Bonchev–Trinajstić information content (AvgIpc) is 2.44. The van der Waals surface area contributed by atoms with E-state index in [-0.39, 0.29) is 22.9 Å². The summed E-state index contributed by atoms with van der Waals surface area (Å²) in [6, 6.07) is 4.56. The van der Waals surface area contributed by atoms with E-state index in [1.807, 2.05) is 27.7 Å². The number of methoxy groups -OCH3 is 1. The summed E-state index contributed by atoms with van der Waals surface area (Å²) < 4.78 is 4.67. The van der Waals surface area contributed by atoms with Crippen molar-refractivity contribution in [2.45, 2.75) is 33.7 Å². The third-order valence-corrected chi connectivity index (χ3v) is 3.43. The standard InChI is InChI=1S/C17H21NO3/c1-7-12-8-13(10-14(9-12)16(20)21-6)15(19)18-11(2)17(3,4)5/h1,8-11H,2-6H3,(H,18,19)/t11-/m0/s1. The number of carbonyl (C=O) groups excluding carboxylic acids is 2. The highest BCUT2D eigenvalue weighted by molar-refractivity contribution is 5.98. The molecule has 0 bridgehead atoms. The third-order valence-electron chi connectivity index (χ3n) is 3.43. The predicted molar refractivity (Wildman–Crippen MR) is 82.1 cm³/mol. The lowest BCUT2D eigenvalue weighted by Gasteiger charge is -2.28. The van der Waals surface area contributed by atoms with Crippen molar-refractivity contribution in [1.82, 2.24) is 5.32 Å². The van der Waals surface area contributed by atoms with Crippen LogP contribution in [0.1, 0.15) is 54.0 Å². The molecule has 0 radical (unpaired) electrons. The van der Waals surface area contributed by atoms with Crippen molar-refractivity contribution in [3.05, 3.63) is 34.9 Å². The molecule has 0 spiro atoms. The third kappa shape index (κ3) is 4.35. The molecule has 1 aromatic carbocycles. The first-order valence-corrected chi connectivity index (χ1v) is 6.70. The van der Waals surface area contributed by atoms with E-state index < -0.39 is 5.97 Å². The Morgan fingerprint density at radius 2 is 1.81 bits per heavy atom. The van der Waals surface area contributed by atoms with Crippen molar-refractivity contribution in [1.29, 1.82) is 0 Å². The summed E-state index contributed by atoms with van der Waals surface area (Å²) in [5, 5.41) is 2.91. The molecule has 1 amide bonds. The number of terminal acetylenes is 1. The Bertz CT molecular complexity index is 591. The Kier molecular flexibility index (Phi) is 5.15. The maximum atomic E-state index is 12.3. The molecule has 4 heteroatoms. The molecule has 1 atom stereocenters. The lowest BCUT2D eigenvalue weighted by Crippen LogP contribution is -2.41. The molecule has 1 N–H and O–H groups in total. The highest BCUT2D eigenvalue weighted by Gasteiger charge is 2.22. The van der Waals surface area contributed by atoms with Gasteiger partial charge < -0.3 is 10.1 Å². The lowest BCUT2D eigenvalue weighted by atomic mass is 9.88. The van der Waals surface area contributed by atoms with Gasteiger partial charge >= 0.3 is 5.97 Å². The van der Waals surface area contributed by atoms with Crippen LogP contribution >= 0.6 is 0 Å². The Morgan fingerprint density at radius 3 is 2.29 bits per heavy atom. The van der Waals surface area contributed by atoms with Gasteiger partial charge in [0.1, 0.15) is 0 Å². The second-order valence-electron chi connectivity index (χ2n) is 6.00. The van der Waals surface area contributed by atoms with Gasteiger partial charge in [0.15, 0.2) is 0 Å². The first-order valence-electron chi connectivity index (χ1n) is 6.70. The van der Waals surface area contributed by atoms with Crippen LogP contribution in [-0.4, -0.2) is 25.0 Å². The van der Waals surface area contributed by atoms with E-state index in [1.165, 1.54) is 19.2 Å². The van der Waals surface area contributed by atoms with E-state index in [2.05, 4.69) is 16.0 Å². The number of hydrogen-bond donors (Lipinski definition) is 1. The smallest absolute Gasteiger partial charge is 0.337 e. The Balaban J connectivity index is 3.10. The van der Waals surface area contributed by atoms with E-state index in [0.717, 1.165) is 0 Å². The number of esters is 1. The Hall–Kier alpha value is -2.28. The van der Waals surface area contributed by atoms with Gasteiger partial charge in [-0.3, -0.25) is 4.79 Å². The van der Waals surface area contributed by atoms with Gasteiger partial charge in [0.2, 0.25) is 0 Å². The molecule has 0 unspecified atom stereocenters. The van der Waals surface area contributed by atoms with Gasteiger partial charge in [0.25, 0.3) is 5.91 Å². The molecule has 0 fully saturated rings. The van der Waals surface area contributed by atoms with Crippen LogP contribution in [0.3, 0.4) is 0 Å². The van der Waals surface area contributed by atoms with Crippen molar-refractivity contribution in [3.8, 4) is 12.3 Å². The SMILES string of the molecule is C#Cc1cc(C(=O)N[C@@H](C)C(C)(C)C)cc(C(=O)OC)c1. The van der Waals surface area contributed by atoms with Crippen molar-refractivity contribution >= 4 is 11.9 Å². The normalized spacial score (nSPS) is 12.2. The van der Waals surface area contributed by atoms with E-state index in [0.29, 0.717) is 11.1 Å². The maximum absolute atomic E-state index is 12.3. The molecule has 112 valence electrons. The quantitative estimate of drug-likeness (QED) is 0.687. The van der Waals surface area contributed by atoms with Gasteiger partial charge in [-0.1, -0.05) is 26.7 Å². The number of benzene rings is 1. The number of carbonyl (C=O) groups is 2. The van der Waals surface area contributed by atoms with Crippen molar-refractivity contribution < 1.29 is 14.3 Å². The first-order chi connectivity index (χ1) is 9.68. The number of rotatable bonds is 3. The number of nitrogens with one attached hydrogen (secondary N) is 1. The van der Waals surface area contributed by atoms with Crippen LogP contribution in [0.5, 0.6) is 0 Å². The molecule has 0 aliphatic heterocycles. The minimum atomic E-state index is -0.523. The topological polar surface area (TPSA) is 55.4 Å². The second kappa shape index (κ2) is 6.45. The Morgan fingerprint density at radius 1 is 1.24 bits per heavy atom. The minimum absolute atomic E-state index is 0.0268. The predicted octanol–water partition coefficient (Wildman–Crippen LogP) is 2.62. The van der Waals surface area contributed by atoms with Crippen LogP contribution in [0.25, 0.3) is 0 Å². The van der Waals surface area contributed by atoms with Gasteiger partial charge in [-0.05, 0) is 30.5 Å². The summed E-state index contributed by atoms with van der Waals surface area (Å²) in [6.45, 7) is 8.05. The molecule has 1 aromatic rings. The van der Waals surface area contributed by atoms with Crippen molar-refractivity contribution in [2.75, 3.05) is 7.11 Å². The fourth-order valence-electron chi connectivity index (χ4n) is 1.57. The molecule has 0 aliphatic rings. The van der Waals surface area contributed by atoms with Crippen LogP contribution < -0.4 is 5.32 Å².